The summed E-state index contributed by atoms with van der Waals surface area (Å²) in [6, 6.07) is 8.40. The highest BCUT2D eigenvalue weighted by atomic mass is 16.5. The fraction of sp³-hybridized carbons (Fsp3) is 0.600. The zero-order chi connectivity index (χ0) is 13.7. The number of anilines is 1. The third kappa shape index (κ3) is 3.93. The van der Waals surface area contributed by atoms with Crippen molar-refractivity contribution in [2.75, 3.05) is 44.7 Å². The van der Waals surface area contributed by atoms with Crippen LogP contribution >= 0.6 is 0 Å². The fourth-order valence-electron chi connectivity index (χ4n) is 2.51. The molecule has 0 spiro atoms. The Kier molecular flexibility index (Phi) is 5.19. The van der Waals surface area contributed by atoms with Crippen molar-refractivity contribution in [3.63, 3.8) is 0 Å². The molecule has 0 radical (unpaired) electrons. The standard InChI is InChI=1S/C15H25N3O/c1-3-18-7-8-19-15(12-18)11-17(2)14-6-4-5-13(9-14)10-16/h4-6,9,15H,3,7-8,10-12,16H2,1-2H3. The largest absolute Gasteiger partial charge is 0.374 e. The third-order valence-electron chi connectivity index (χ3n) is 3.73. The molecule has 1 aliphatic heterocycles. The predicted molar refractivity (Wildman–Crippen MR) is 79.5 cm³/mol. The van der Waals surface area contributed by atoms with Gasteiger partial charge in [0.05, 0.1) is 12.7 Å². The molecule has 1 aromatic rings. The number of nitrogens with two attached hydrogens (primary N) is 1. The van der Waals surface area contributed by atoms with Crippen molar-refractivity contribution in [1.29, 1.82) is 0 Å². The van der Waals surface area contributed by atoms with Gasteiger partial charge in [0.1, 0.15) is 0 Å². The molecule has 0 aliphatic carbocycles. The first-order valence-corrected chi connectivity index (χ1v) is 7.07. The number of ether oxygens (including phenoxy) is 1. The molecule has 2 rings (SSSR count). The second-order valence-electron chi connectivity index (χ2n) is 5.14. The van der Waals surface area contributed by atoms with E-state index in [0.29, 0.717) is 12.6 Å². The van der Waals surface area contributed by atoms with E-state index in [2.05, 4.69) is 48.0 Å². The van der Waals surface area contributed by atoms with Crippen LogP contribution in [0, 0.1) is 0 Å². The van der Waals surface area contributed by atoms with E-state index >= 15 is 0 Å². The Morgan fingerprint density at radius 2 is 2.32 bits per heavy atom. The van der Waals surface area contributed by atoms with Crippen molar-refractivity contribution < 1.29 is 4.74 Å². The quantitative estimate of drug-likeness (QED) is 0.869. The first-order valence-electron chi connectivity index (χ1n) is 7.07. The summed E-state index contributed by atoms with van der Waals surface area (Å²) >= 11 is 0. The summed E-state index contributed by atoms with van der Waals surface area (Å²) in [5, 5.41) is 0. The number of morpholine rings is 1. The molecule has 4 nitrogen and oxygen atoms in total. The van der Waals surface area contributed by atoms with Crippen LogP contribution in [0.15, 0.2) is 24.3 Å². The topological polar surface area (TPSA) is 41.7 Å². The normalized spacial score (nSPS) is 20.5. The van der Waals surface area contributed by atoms with E-state index in [1.54, 1.807) is 0 Å². The van der Waals surface area contributed by atoms with Crippen molar-refractivity contribution in [1.82, 2.24) is 4.90 Å². The molecule has 1 unspecified atom stereocenters. The van der Waals surface area contributed by atoms with Gasteiger partial charge >= 0.3 is 0 Å². The van der Waals surface area contributed by atoms with Crippen LogP contribution in [0.5, 0.6) is 0 Å². The molecule has 0 saturated carbocycles. The van der Waals surface area contributed by atoms with Gasteiger partial charge < -0.3 is 15.4 Å². The van der Waals surface area contributed by atoms with E-state index in [4.69, 9.17) is 10.5 Å². The molecular weight excluding hydrogens is 238 g/mol. The van der Waals surface area contributed by atoms with Gasteiger partial charge in [-0.25, -0.2) is 0 Å². The number of benzene rings is 1. The van der Waals surface area contributed by atoms with Crippen LogP contribution in [0.1, 0.15) is 12.5 Å². The van der Waals surface area contributed by atoms with Gasteiger partial charge in [0.15, 0.2) is 0 Å². The average Bonchev–Trinajstić information content (AvgIpc) is 2.47. The predicted octanol–water partition coefficient (Wildman–Crippen LogP) is 1.30. The summed E-state index contributed by atoms with van der Waals surface area (Å²) in [5.74, 6) is 0. The minimum atomic E-state index is 0.292. The molecule has 106 valence electrons. The van der Waals surface area contributed by atoms with Crippen molar-refractivity contribution in [3.05, 3.63) is 29.8 Å². The van der Waals surface area contributed by atoms with Crippen molar-refractivity contribution in [2.45, 2.75) is 19.6 Å². The van der Waals surface area contributed by atoms with E-state index in [1.165, 1.54) is 11.3 Å². The zero-order valence-electron chi connectivity index (χ0n) is 12.0. The van der Waals surface area contributed by atoms with Gasteiger partial charge in [-0.1, -0.05) is 19.1 Å². The fourth-order valence-corrected chi connectivity index (χ4v) is 2.51. The molecule has 1 aliphatic rings. The maximum atomic E-state index is 5.85. The van der Waals surface area contributed by atoms with Gasteiger partial charge in [-0.05, 0) is 24.2 Å². The van der Waals surface area contributed by atoms with Gasteiger partial charge in [-0.2, -0.15) is 0 Å². The highest BCUT2D eigenvalue weighted by Gasteiger charge is 2.20. The smallest absolute Gasteiger partial charge is 0.0876 e. The van der Waals surface area contributed by atoms with E-state index < -0.39 is 0 Å². The summed E-state index contributed by atoms with van der Waals surface area (Å²) in [6.07, 6.45) is 0.292. The summed E-state index contributed by atoms with van der Waals surface area (Å²) in [7, 11) is 2.11. The van der Waals surface area contributed by atoms with Crippen LogP contribution in [-0.2, 0) is 11.3 Å². The van der Waals surface area contributed by atoms with Gasteiger partial charge in [0, 0.05) is 38.9 Å². The summed E-state index contributed by atoms with van der Waals surface area (Å²) in [4.78, 5) is 4.70. The molecule has 1 saturated heterocycles. The summed E-state index contributed by atoms with van der Waals surface area (Å²) in [5.41, 5.74) is 8.07. The molecule has 0 aromatic heterocycles. The third-order valence-corrected chi connectivity index (χ3v) is 3.73. The van der Waals surface area contributed by atoms with Crippen LogP contribution in [-0.4, -0.2) is 50.8 Å². The molecular formula is C15H25N3O. The van der Waals surface area contributed by atoms with Crippen molar-refractivity contribution in [2.24, 2.45) is 5.73 Å². The van der Waals surface area contributed by atoms with Gasteiger partial charge in [-0.3, -0.25) is 4.90 Å². The Morgan fingerprint density at radius 1 is 1.47 bits per heavy atom. The lowest BCUT2D eigenvalue weighted by molar-refractivity contribution is -0.0216. The Bertz CT molecular complexity index is 397. The molecule has 0 bridgehead atoms. The van der Waals surface area contributed by atoms with E-state index in [0.717, 1.165) is 32.8 Å². The Hall–Kier alpha value is -1.10. The second kappa shape index (κ2) is 6.89. The molecule has 1 fully saturated rings. The zero-order valence-corrected chi connectivity index (χ0v) is 12.0. The van der Waals surface area contributed by atoms with Crippen LogP contribution in [0.2, 0.25) is 0 Å². The lowest BCUT2D eigenvalue weighted by atomic mass is 10.2. The maximum absolute atomic E-state index is 5.85. The van der Waals surface area contributed by atoms with E-state index in [9.17, 15) is 0 Å². The van der Waals surface area contributed by atoms with Gasteiger partial charge in [0.2, 0.25) is 0 Å². The Labute approximate surface area is 116 Å². The van der Waals surface area contributed by atoms with E-state index in [1.807, 2.05) is 0 Å². The van der Waals surface area contributed by atoms with Crippen LogP contribution in [0.25, 0.3) is 0 Å². The summed E-state index contributed by atoms with van der Waals surface area (Å²) < 4.78 is 5.85. The van der Waals surface area contributed by atoms with Crippen molar-refractivity contribution in [3.8, 4) is 0 Å². The monoisotopic (exact) mass is 263 g/mol. The number of nitrogens with zero attached hydrogens (tertiary/aromatic N) is 2. The Morgan fingerprint density at radius 3 is 3.05 bits per heavy atom. The van der Waals surface area contributed by atoms with Crippen LogP contribution in [0.4, 0.5) is 5.69 Å². The maximum Gasteiger partial charge on any atom is 0.0876 e. The lowest BCUT2D eigenvalue weighted by Crippen LogP contribution is -2.46. The van der Waals surface area contributed by atoms with Crippen LogP contribution in [0.3, 0.4) is 0 Å². The van der Waals surface area contributed by atoms with Gasteiger partial charge in [0.25, 0.3) is 0 Å². The minimum absolute atomic E-state index is 0.292. The first kappa shape index (κ1) is 14.3. The molecule has 0 amide bonds. The van der Waals surface area contributed by atoms with E-state index in [-0.39, 0.29) is 0 Å². The average molecular weight is 263 g/mol. The van der Waals surface area contributed by atoms with Crippen LogP contribution < -0.4 is 10.6 Å². The van der Waals surface area contributed by atoms with Crippen molar-refractivity contribution >= 4 is 5.69 Å². The lowest BCUT2D eigenvalue weighted by Gasteiger charge is -2.34. The highest BCUT2D eigenvalue weighted by molar-refractivity contribution is 5.48. The molecule has 1 atom stereocenters. The number of hydrogen-bond acceptors (Lipinski definition) is 4. The number of likely N-dealkylation sites (N-methyl/N-ethyl adjacent to an activating group) is 2. The molecule has 2 N–H and O–H groups in total. The first-order chi connectivity index (χ1) is 9.22. The molecule has 19 heavy (non-hydrogen) atoms. The number of rotatable bonds is 5. The molecule has 1 heterocycles. The minimum Gasteiger partial charge on any atom is -0.374 e. The van der Waals surface area contributed by atoms with Gasteiger partial charge in [-0.15, -0.1) is 0 Å². The SMILES string of the molecule is CCN1CCOC(CN(C)c2cccc(CN)c2)C1. The Balaban J connectivity index is 1.94. The highest BCUT2D eigenvalue weighted by Crippen LogP contribution is 2.16. The number of hydrogen-bond donors (Lipinski definition) is 1. The molecule has 4 heteroatoms. The second-order valence-corrected chi connectivity index (χ2v) is 5.14. The molecule has 1 aromatic carbocycles. The summed E-state index contributed by atoms with van der Waals surface area (Å²) in [6.45, 7) is 7.74.